The Morgan fingerprint density at radius 1 is 0.895 bits per heavy atom. The minimum atomic E-state index is -0.494. The number of azo groups is 2. The summed E-state index contributed by atoms with van der Waals surface area (Å²) in [5.41, 5.74) is 6.36. The van der Waals surface area contributed by atoms with Crippen LogP contribution in [0.4, 0.5) is 27.2 Å². The normalized spacial score (nSPS) is 12.1. The summed E-state index contributed by atoms with van der Waals surface area (Å²) >= 11 is 7.20. The lowest BCUT2D eigenvalue weighted by molar-refractivity contribution is 0.559. The molecule has 2 aromatic heterocycles. The van der Waals surface area contributed by atoms with Crippen LogP contribution >= 0.6 is 22.9 Å². The molecule has 11 heteroatoms. The molecular weight excluding hydrogens is 522 g/mol. The van der Waals surface area contributed by atoms with Crippen molar-refractivity contribution in [3.63, 3.8) is 0 Å². The molecule has 3 aromatic carbocycles. The van der Waals surface area contributed by atoms with E-state index >= 15 is 0 Å². The fourth-order valence-corrected chi connectivity index (χ4v) is 4.23. The zero-order chi connectivity index (χ0) is 26.5. The Bertz CT molecular complexity index is 1740. The molecule has 5 aromatic rings. The van der Waals surface area contributed by atoms with Crippen molar-refractivity contribution in [1.82, 2.24) is 4.98 Å². The average molecular weight is 542 g/mol. The van der Waals surface area contributed by atoms with Gasteiger partial charge < -0.3 is 4.42 Å². The topological polar surface area (TPSA) is 117 Å². The van der Waals surface area contributed by atoms with Gasteiger partial charge in [0.1, 0.15) is 5.58 Å². The molecule has 0 aliphatic carbocycles. The number of nitrogens with zero attached hydrogens (tertiary/aromatic N) is 6. The van der Waals surface area contributed by atoms with Crippen molar-refractivity contribution in [2.75, 3.05) is 5.43 Å². The second-order valence-electron chi connectivity index (χ2n) is 8.10. The molecule has 0 aliphatic heterocycles. The SMILES string of the molecule is C/C(=N\Nc1nc(C)c(N=Nc2ccc(Cl)cc2)s1)c1cc2cc(N=Nc3ccccc3)ccc2oc1=O. The van der Waals surface area contributed by atoms with Gasteiger partial charge in [-0.15, -0.1) is 10.2 Å². The number of hydrogen-bond donors (Lipinski definition) is 1. The average Bonchev–Trinajstić information content (AvgIpc) is 3.29. The molecule has 0 atom stereocenters. The van der Waals surface area contributed by atoms with Gasteiger partial charge in [-0.2, -0.15) is 15.3 Å². The molecule has 0 radical (unpaired) electrons. The van der Waals surface area contributed by atoms with Crippen LogP contribution in [0.15, 0.2) is 114 Å². The Hall–Kier alpha value is -4.54. The lowest BCUT2D eigenvalue weighted by Gasteiger charge is -2.03. The largest absolute Gasteiger partial charge is 0.422 e. The van der Waals surface area contributed by atoms with E-state index < -0.39 is 5.63 Å². The highest BCUT2D eigenvalue weighted by atomic mass is 35.5. The van der Waals surface area contributed by atoms with Crippen molar-refractivity contribution in [2.45, 2.75) is 13.8 Å². The zero-order valence-corrected chi connectivity index (χ0v) is 21.9. The molecule has 2 heterocycles. The van der Waals surface area contributed by atoms with Crippen molar-refractivity contribution in [1.29, 1.82) is 0 Å². The number of halogens is 1. The van der Waals surface area contributed by atoms with Gasteiger partial charge in [0, 0.05) is 10.4 Å². The third-order valence-electron chi connectivity index (χ3n) is 5.32. The number of aryl methyl sites for hydroxylation is 1. The maximum Gasteiger partial charge on any atom is 0.345 e. The molecule has 0 saturated heterocycles. The molecule has 0 fully saturated rings. The van der Waals surface area contributed by atoms with Gasteiger partial charge in [-0.1, -0.05) is 41.1 Å². The first-order valence-corrected chi connectivity index (χ1v) is 12.6. The molecule has 38 heavy (non-hydrogen) atoms. The van der Waals surface area contributed by atoms with Gasteiger partial charge in [0.25, 0.3) is 0 Å². The maximum absolute atomic E-state index is 12.6. The lowest BCUT2D eigenvalue weighted by atomic mass is 10.1. The van der Waals surface area contributed by atoms with Crippen LogP contribution in [0, 0.1) is 6.92 Å². The molecule has 0 unspecified atom stereocenters. The first kappa shape index (κ1) is 25.1. The summed E-state index contributed by atoms with van der Waals surface area (Å²) in [6, 6.07) is 23.5. The Morgan fingerprint density at radius 2 is 1.58 bits per heavy atom. The Labute approximate surface area is 226 Å². The lowest BCUT2D eigenvalue weighted by Crippen LogP contribution is -2.13. The molecule has 5 rings (SSSR count). The van der Waals surface area contributed by atoms with Crippen LogP contribution in [-0.2, 0) is 0 Å². The zero-order valence-electron chi connectivity index (χ0n) is 20.3. The molecule has 0 aliphatic rings. The van der Waals surface area contributed by atoms with Gasteiger partial charge in [-0.25, -0.2) is 9.78 Å². The summed E-state index contributed by atoms with van der Waals surface area (Å²) in [7, 11) is 0. The highest BCUT2D eigenvalue weighted by molar-refractivity contribution is 7.19. The van der Waals surface area contributed by atoms with Gasteiger partial charge in [-0.05, 0) is 74.5 Å². The molecule has 0 spiro atoms. The van der Waals surface area contributed by atoms with Crippen molar-refractivity contribution < 1.29 is 4.42 Å². The van der Waals surface area contributed by atoms with Gasteiger partial charge >= 0.3 is 5.63 Å². The Morgan fingerprint density at radius 3 is 2.37 bits per heavy atom. The van der Waals surface area contributed by atoms with Gasteiger partial charge in [-0.3, -0.25) is 5.43 Å². The minimum absolute atomic E-state index is 0.318. The highest BCUT2D eigenvalue weighted by Crippen LogP contribution is 2.32. The number of anilines is 1. The van der Waals surface area contributed by atoms with Crippen LogP contribution in [0.5, 0.6) is 0 Å². The highest BCUT2D eigenvalue weighted by Gasteiger charge is 2.11. The summed E-state index contributed by atoms with van der Waals surface area (Å²) in [4.78, 5) is 17.0. The van der Waals surface area contributed by atoms with E-state index in [4.69, 9.17) is 16.0 Å². The van der Waals surface area contributed by atoms with Crippen LogP contribution in [0.25, 0.3) is 11.0 Å². The Balaban J connectivity index is 1.34. The fourth-order valence-electron chi connectivity index (χ4n) is 3.37. The number of nitrogens with one attached hydrogen (secondary N) is 1. The summed E-state index contributed by atoms with van der Waals surface area (Å²) in [5.74, 6) is 0. The van der Waals surface area contributed by atoms with Gasteiger partial charge in [0.15, 0.2) is 5.00 Å². The quantitative estimate of drug-likeness (QED) is 0.0957. The third-order valence-corrected chi connectivity index (χ3v) is 6.52. The maximum atomic E-state index is 12.6. The summed E-state index contributed by atoms with van der Waals surface area (Å²) < 4.78 is 5.50. The van der Waals surface area contributed by atoms with E-state index in [2.05, 4.69) is 36.0 Å². The number of benzene rings is 3. The first-order valence-electron chi connectivity index (χ1n) is 11.4. The number of fused-ring (bicyclic) bond motifs is 1. The van der Waals surface area contributed by atoms with Gasteiger partial charge in [0.2, 0.25) is 5.13 Å². The monoisotopic (exact) mass is 541 g/mol. The molecular formula is C27H20ClN7O2S. The van der Waals surface area contributed by atoms with E-state index in [1.807, 2.05) is 37.3 Å². The van der Waals surface area contributed by atoms with Crippen LogP contribution in [-0.4, -0.2) is 10.7 Å². The molecule has 9 nitrogen and oxygen atoms in total. The van der Waals surface area contributed by atoms with Crippen LogP contribution in [0.3, 0.4) is 0 Å². The van der Waals surface area contributed by atoms with Crippen LogP contribution in [0.2, 0.25) is 5.02 Å². The van der Waals surface area contributed by atoms with E-state index in [0.29, 0.717) is 54.5 Å². The standard InChI is InChI=1S/C27H20ClN7O2S/c1-16(30-35-27-29-17(2)25(38-27)34-32-21-10-8-19(28)9-11-21)23-15-18-14-22(12-13-24(18)37-26(23)36)33-31-20-6-4-3-5-7-20/h3-15H,1-2H3,(H,29,35)/b30-16+,33-31?,34-32?. The Kier molecular flexibility index (Phi) is 7.43. The fraction of sp³-hybridized carbons (Fsp3) is 0.0741. The van der Waals surface area contributed by atoms with Crippen molar-refractivity contribution >= 4 is 66.8 Å². The first-order chi connectivity index (χ1) is 18.4. The van der Waals surface area contributed by atoms with E-state index in [0.717, 1.165) is 5.69 Å². The third kappa shape index (κ3) is 6.05. The second-order valence-corrected chi connectivity index (χ2v) is 9.51. The molecule has 1 N–H and O–H groups in total. The molecule has 188 valence electrons. The summed E-state index contributed by atoms with van der Waals surface area (Å²) in [6.07, 6.45) is 0. The van der Waals surface area contributed by atoms with Gasteiger partial charge in [0.05, 0.1) is 34.0 Å². The van der Waals surface area contributed by atoms with Crippen molar-refractivity contribution in [2.24, 2.45) is 25.6 Å². The van der Waals surface area contributed by atoms with Crippen LogP contribution < -0.4 is 11.1 Å². The summed E-state index contributed by atoms with van der Waals surface area (Å²) in [6.45, 7) is 3.55. The number of hydrazone groups is 1. The molecule has 0 bridgehead atoms. The van der Waals surface area contributed by atoms with Crippen LogP contribution in [0.1, 0.15) is 18.2 Å². The summed E-state index contributed by atoms with van der Waals surface area (Å²) in [5, 5.41) is 23.8. The van der Waals surface area contributed by atoms with E-state index in [1.54, 1.807) is 55.5 Å². The second kappa shape index (κ2) is 11.2. The smallest absolute Gasteiger partial charge is 0.345 e. The van der Waals surface area contributed by atoms with E-state index in [1.165, 1.54) is 11.3 Å². The number of aromatic nitrogens is 1. The number of thiazole rings is 1. The predicted molar refractivity (Wildman–Crippen MR) is 151 cm³/mol. The number of rotatable bonds is 7. The van der Waals surface area contributed by atoms with E-state index in [9.17, 15) is 4.79 Å². The molecule has 0 amide bonds. The van der Waals surface area contributed by atoms with Crippen molar-refractivity contribution in [3.05, 3.63) is 106 Å². The van der Waals surface area contributed by atoms with Crippen molar-refractivity contribution in [3.8, 4) is 0 Å². The number of hydrogen-bond acceptors (Lipinski definition) is 10. The van der Waals surface area contributed by atoms with E-state index in [-0.39, 0.29) is 0 Å². The minimum Gasteiger partial charge on any atom is -0.422 e. The predicted octanol–water partition coefficient (Wildman–Crippen LogP) is 8.88. The molecule has 0 saturated carbocycles.